The van der Waals surface area contributed by atoms with Gasteiger partial charge in [0.2, 0.25) is 5.91 Å². The number of piperazine rings is 1. The highest BCUT2D eigenvalue weighted by Crippen LogP contribution is 2.44. The van der Waals surface area contributed by atoms with Gasteiger partial charge in [-0.3, -0.25) is 14.5 Å². The van der Waals surface area contributed by atoms with Crippen molar-refractivity contribution in [2.45, 2.75) is 37.1 Å². The summed E-state index contributed by atoms with van der Waals surface area (Å²) < 4.78 is 10.8. The van der Waals surface area contributed by atoms with Crippen LogP contribution in [0.4, 0.5) is 0 Å². The fourth-order valence-electron chi connectivity index (χ4n) is 5.84. The number of ether oxygens (including phenoxy) is 2. The monoisotopic (exact) mass is 535 g/mol. The lowest BCUT2D eigenvalue weighted by Crippen LogP contribution is -2.54. The van der Waals surface area contributed by atoms with Crippen LogP contribution in [0.15, 0.2) is 53.4 Å². The number of nitrogens with zero attached hydrogens (tertiary/aromatic N) is 3. The van der Waals surface area contributed by atoms with E-state index in [0.717, 1.165) is 62.5 Å². The minimum absolute atomic E-state index is 0.0100. The molecule has 2 aliphatic heterocycles. The fourth-order valence-corrected chi connectivity index (χ4v) is 7.32. The van der Waals surface area contributed by atoms with Gasteiger partial charge >= 0.3 is 0 Å². The van der Waals surface area contributed by atoms with E-state index in [1.807, 2.05) is 47.2 Å². The zero-order valence-corrected chi connectivity index (χ0v) is 23.3. The van der Waals surface area contributed by atoms with E-state index in [-0.39, 0.29) is 23.8 Å². The van der Waals surface area contributed by atoms with Gasteiger partial charge in [-0.25, -0.2) is 0 Å². The summed E-state index contributed by atoms with van der Waals surface area (Å²) in [5, 5.41) is 0.302. The maximum absolute atomic E-state index is 13.5. The number of carbonyl (C=O) groups excluding carboxylic acids is 2. The highest BCUT2D eigenvalue weighted by molar-refractivity contribution is 8.04. The Labute approximate surface area is 229 Å². The molecule has 8 heteroatoms. The van der Waals surface area contributed by atoms with Crippen molar-refractivity contribution in [3.8, 4) is 11.5 Å². The van der Waals surface area contributed by atoms with Gasteiger partial charge in [-0.1, -0.05) is 36.4 Å². The molecule has 2 aromatic rings. The number of benzene rings is 2. The van der Waals surface area contributed by atoms with Crippen molar-refractivity contribution in [3.05, 3.63) is 64.6 Å². The van der Waals surface area contributed by atoms with Crippen molar-refractivity contribution < 1.29 is 19.1 Å². The molecular formula is C30H37N3O4S. The maximum atomic E-state index is 13.5. The van der Waals surface area contributed by atoms with E-state index in [0.29, 0.717) is 16.7 Å². The van der Waals surface area contributed by atoms with Crippen LogP contribution in [0.1, 0.15) is 30.4 Å². The van der Waals surface area contributed by atoms with Gasteiger partial charge < -0.3 is 19.3 Å². The first-order valence-electron chi connectivity index (χ1n) is 13.4. The largest absolute Gasteiger partial charge is 0.493 e. The molecule has 0 radical (unpaired) electrons. The summed E-state index contributed by atoms with van der Waals surface area (Å²) in [6.07, 6.45) is 4.49. The molecule has 38 heavy (non-hydrogen) atoms. The molecule has 2 heterocycles. The summed E-state index contributed by atoms with van der Waals surface area (Å²) in [5.74, 6) is 1.58. The maximum Gasteiger partial charge on any atom is 0.260 e. The number of thioether (sulfide) groups is 1. The number of likely N-dealkylation sites (N-methyl/N-ethyl adjacent to an activating group) is 1. The number of hydrogen-bond donors (Lipinski definition) is 0. The number of fused-ring (bicyclic) bond motifs is 1. The molecule has 3 unspecified atom stereocenters. The van der Waals surface area contributed by atoms with Crippen molar-refractivity contribution in [2.75, 3.05) is 47.4 Å². The van der Waals surface area contributed by atoms with Crippen LogP contribution < -0.4 is 9.47 Å². The van der Waals surface area contributed by atoms with E-state index in [4.69, 9.17) is 9.47 Å². The Morgan fingerprint density at radius 3 is 2.45 bits per heavy atom. The Morgan fingerprint density at radius 1 is 1.00 bits per heavy atom. The summed E-state index contributed by atoms with van der Waals surface area (Å²) in [5.41, 5.74) is 2.22. The molecule has 202 valence electrons. The van der Waals surface area contributed by atoms with Crippen molar-refractivity contribution in [1.82, 2.24) is 14.7 Å². The summed E-state index contributed by atoms with van der Waals surface area (Å²) >= 11 is 1.66. The zero-order valence-electron chi connectivity index (χ0n) is 22.5. The van der Waals surface area contributed by atoms with E-state index in [1.165, 1.54) is 5.56 Å². The quantitative estimate of drug-likeness (QED) is 0.519. The summed E-state index contributed by atoms with van der Waals surface area (Å²) in [6, 6.07) is 16.3. The van der Waals surface area contributed by atoms with Crippen LogP contribution in [-0.4, -0.2) is 85.3 Å². The Hall–Kier alpha value is -2.97. The van der Waals surface area contributed by atoms with Gasteiger partial charge in [-0.2, -0.15) is 0 Å². The predicted octanol–water partition coefficient (Wildman–Crippen LogP) is 4.13. The lowest BCUT2D eigenvalue weighted by molar-refractivity contribution is -0.140. The van der Waals surface area contributed by atoms with Gasteiger partial charge in [0, 0.05) is 57.0 Å². The van der Waals surface area contributed by atoms with E-state index in [2.05, 4.69) is 29.2 Å². The van der Waals surface area contributed by atoms with Gasteiger partial charge in [0.05, 0.1) is 19.1 Å². The molecule has 7 nitrogen and oxygen atoms in total. The number of methoxy groups -OCH3 is 2. The van der Waals surface area contributed by atoms with Gasteiger partial charge in [0.1, 0.15) is 0 Å². The van der Waals surface area contributed by atoms with Crippen molar-refractivity contribution in [1.29, 1.82) is 0 Å². The Balaban J connectivity index is 1.18. The molecular weight excluding hydrogens is 498 g/mol. The van der Waals surface area contributed by atoms with E-state index < -0.39 is 0 Å². The van der Waals surface area contributed by atoms with Crippen LogP contribution >= 0.6 is 11.8 Å². The van der Waals surface area contributed by atoms with Gasteiger partial charge in [-0.15, -0.1) is 11.8 Å². The molecule has 0 bridgehead atoms. The fraction of sp³-hybridized carbons (Fsp3) is 0.467. The Bertz CT molecular complexity index is 1180. The number of hydrogen-bond acceptors (Lipinski definition) is 6. The van der Waals surface area contributed by atoms with Crippen LogP contribution in [0, 0.1) is 5.92 Å². The number of rotatable bonds is 6. The summed E-state index contributed by atoms with van der Waals surface area (Å²) in [6.45, 7) is 4.28. The summed E-state index contributed by atoms with van der Waals surface area (Å²) in [4.78, 5) is 33.8. The third-order valence-corrected chi connectivity index (χ3v) is 9.45. The molecule has 0 aromatic heterocycles. The summed E-state index contributed by atoms with van der Waals surface area (Å²) in [7, 11) is 5.11. The molecule has 2 saturated heterocycles. The first-order chi connectivity index (χ1) is 18.5. The zero-order chi connectivity index (χ0) is 26.6. The number of amides is 2. The third kappa shape index (κ3) is 5.71. The average Bonchev–Trinajstić information content (AvgIpc) is 2.96. The molecule has 0 spiro atoms. The topological polar surface area (TPSA) is 62.3 Å². The second-order valence-electron chi connectivity index (χ2n) is 10.4. The van der Waals surface area contributed by atoms with Gasteiger partial charge in [-0.05, 0) is 48.6 Å². The van der Waals surface area contributed by atoms with Crippen molar-refractivity contribution in [3.63, 3.8) is 0 Å². The minimum Gasteiger partial charge on any atom is -0.493 e. The van der Waals surface area contributed by atoms with Crippen LogP contribution in [0.5, 0.6) is 11.5 Å². The van der Waals surface area contributed by atoms with E-state index in [9.17, 15) is 9.59 Å². The van der Waals surface area contributed by atoms with Crippen LogP contribution in [0.25, 0.3) is 6.08 Å². The van der Waals surface area contributed by atoms with Gasteiger partial charge in [0.25, 0.3) is 5.91 Å². The molecule has 3 aliphatic rings. The molecule has 2 aromatic carbocycles. The van der Waals surface area contributed by atoms with Crippen LogP contribution in [0.2, 0.25) is 0 Å². The predicted molar refractivity (Wildman–Crippen MR) is 151 cm³/mol. The van der Waals surface area contributed by atoms with Gasteiger partial charge in [0.15, 0.2) is 11.5 Å². The Kier molecular flexibility index (Phi) is 8.29. The SMILES string of the molecule is COc1ccc(/C=C2\SC3CCC(C(=O)N4CCN(Cc5ccccc5)CC4)CC3N(C)C2=O)cc1OC. The highest BCUT2D eigenvalue weighted by Gasteiger charge is 2.43. The van der Waals surface area contributed by atoms with Crippen molar-refractivity contribution >= 4 is 29.7 Å². The van der Waals surface area contributed by atoms with E-state index >= 15 is 0 Å². The molecule has 1 aliphatic carbocycles. The molecule has 3 fully saturated rings. The smallest absolute Gasteiger partial charge is 0.260 e. The first kappa shape index (κ1) is 26.6. The lowest BCUT2D eigenvalue weighted by atomic mass is 9.83. The number of carbonyl (C=O) groups is 2. The normalized spacial score (nSPS) is 25.3. The highest BCUT2D eigenvalue weighted by atomic mass is 32.2. The van der Waals surface area contributed by atoms with Crippen LogP contribution in [-0.2, 0) is 16.1 Å². The van der Waals surface area contributed by atoms with E-state index in [1.54, 1.807) is 26.0 Å². The first-order valence-corrected chi connectivity index (χ1v) is 14.3. The molecule has 5 rings (SSSR count). The molecule has 3 atom stereocenters. The van der Waals surface area contributed by atoms with Crippen LogP contribution in [0.3, 0.4) is 0 Å². The lowest BCUT2D eigenvalue weighted by Gasteiger charge is -2.45. The molecule has 2 amide bonds. The molecule has 1 saturated carbocycles. The second-order valence-corrected chi connectivity index (χ2v) is 11.6. The third-order valence-electron chi connectivity index (χ3n) is 8.05. The second kappa shape index (κ2) is 11.8. The minimum atomic E-state index is -0.0100. The Morgan fingerprint density at radius 2 is 1.74 bits per heavy atom. The van der Waals surface area contributed by atoms with Crippen molar-refractivity contribution in [2.24, 2.45) is 5.92 Å². The average molecular weight is 536 g/mol. The standard InChI is InChI=1S/C30H37N3O4S/c1-31-24-19-23(29(34)33-15-13-32(14-16-33)20-21-7-5-4-6-8-21)10-12-27(24)38-28(30(31)35)18-22-9-11-25(36-2)26(17-22)37-3/h4-9,11,17-18,23-24,27H,10,12-16,19-20H2,1-3H3/b28-18-. The molecule has 0 N–H and O–H groups in total.